The van der Waals surface area contributed by atoms with Crippen LogP contribution < -0.4 is 10.1 Å². The molecule has 1 aliphatic carbocycles. The molecule has 1 atom stereocenters. The molecule has 0 amide bonds. The van der Waals surface area contributed by atoms with Crippen molar-refractivity contribution in [2.75, 3.05) is 7.11 Å². The van der Waals surface area contributed by atoms with Crippen molar-refractivity contribution in [3.8, 4) is 30.0 Å². The average Bonchev–Trinajstić information content (AvgIpc) is 2.72. The first-order chi connectivity index (χ1) is 12.6. The SMILES string of the molecule is COc1ccc([C@H]2NC3=C(CCCC3)C(C#N)(C#N)C2(C#N)C#N)cc1. The van der Waals surface area contributed by atoms with Gasteiger partial charge in [0.1, 0.15) is 5.75 Å². The third-order valence-electron chi connectivity index (χ3n) is 5.40. The van der Waals surface area contributed by atoms with Gasteiger partial charge >= 0.3 is 0 Å². The predicted octanol–water partition coefficient (Wildman–Crippen LogP) is 3.23. The van der Waals surface area contributed by atoms with Crippen LogP contribution in [-0.4, -0.2) is 7.11 Å². The van der Waals surface area contributed by atoms with E-state index in [9.17, 15) is 21.0 Å². The molecule has 1 aromatic carbocycles. The third-order valence-corrected chi connectivity index (χ3v) is 5.40. The molecule has 2 aliphatic rings. The van der Waals surface area contributed by atoms with Crippen LogP contribution in [0.15, 0.2) is 35.5 Å². The van der Waals surface area contributed by atoms with E-state index in [1.807, 2.05) is 12.1 Å². The number of nitrogens with one attached hydrogen (secondary N) is 1. The lowest BCUT2D eigenvalue weighted by Crippen LogP contribution is -2.53. The molecule has 26 heavy (non-hydrogen) atoms. The highest BCUT2D eigenvalue weighted by atomic mass is 16.5. The van der Waals surface area contributed by atoms with Crippen molar-refractivity contribution in [3.63, 3.8) is 0 Å². The summed E-state index contributed by atoms with van der Waals surface area (Å²) >= 11 is 0. The van der Waals surface area contributed by atoms with Gasteiger partial charge in [-0.25, -0.2) is 0 Å². The first-order valence-electron chi connectivity index (χ1n) is 8.40. The van der Waals surface area contributed by atoms with Crippen molar-refractivity contribution in [2.45, 2.75) is 31.7 Å². The zero-order chi connectivity index (χ0) is 18.8. The predicted molar refractivity (Wildman–Crippen MR) is 91.7 cm³/mol. The summed E-state index contributed by atoms with van der Waals surface area (Å²) in [5.41, 5.74) is -1.55. The first-order valence-corrected chi connectivity index (χ1v) is 8.40. The van der Waals surface area contributed by atoms with E-state index in [1.165, 1.54) is 0 Å². The molecule has 1 aliphatic heterocycles. The van der Waals surface area contributed by atoms with Crippen LogP contribution in [0.3, 0.4) is 0 Å². The highest BCUT2D eigenvalue weighted by molar-refractivity contribution is 5.53. The summed E-state index contributed by atoms with van der Waals surface area (Å²) in [7, 11) is 1.55. The normalized spacial score (nSPS) is 22.4. The maximum atomic E-state index is 10.0. The molecule has 6 heteroatoms. The second-order valence-corrected chi connectivity index (χ2v) is 6.52. The van der Waals surface area contributed by atoms with Gasteiger partial charge in [-0.3, -0.25) is 0 Å². The quantitative estimate of drug-likeness (QED) is 0.881. The first kappa shape index (κ1) is 17.3. The van der Waals surface area contributed by atoms with E-state index in [0.717, 1.165) is 18.5 Å². The number of hydrogen-bond donors (Lipinski definition) is 1. The molecule has 0 saturated heterocycles. The fourth-order valence-electron chi connectivity index (χ4n) is 4.00. The molecule has 0 fully saturated rings. The molecule has 6 nitrogen and oxygen atoms in total. The summed E-state index contributed by atoms with van der Waals surface area (Å²) in [5.74, 6) is 0.647. The monoisotopic (exact) mass is 343 g/mol. The molecule has 0 spiro atoms. The molecular formula is C20H17N5O. The highest BCUT2D eigenvalue weighted by Crippen LogP contribution is 2.57. The fraction of sp³-hybridized carbons (Fsp3) is 0.400. The van der Waals surface area contributed by atoms with E-state index in [-0.39, 0.29) is 0 Å². The number of hydrogen-bond acceptors (Lipinski definition) is 6. The topological polar surface area (TPSA) is 116 Å². The number of allylic oxidation sites excluding steroid dienone is 2. The van der Waals surface area contributed by atoms with Crippen LogP contribution in [0.4, 0.5) is 0 Å². The summed E-state index contributed by atoms with van der Waals surface area (Å²) in [6.45, 7) is 0. The highest BCUT2D eigenvalue weighted by Gasteiger charge is 2.64. The van der Waals surface area contributed by atoms with Crippen molar-refractivity contribution in [1.82, 2.24) is 5.32 Å². The Balaban J connectivity index is 2.27. The Morgan fingerprint density at radius 2 is 1.58 bits per heavy atom. The molecule has 1 N–H and O–H groups in total. The minimum Gasteiger partial charge on any atom is -0.497 e. The minimum atomic E-state index is -1.85. The summed E-state index contributed by atoms with van der Waals surface area (Å²) in [4.78, 5) is 0. The van der Waals surface area contributed by atoms with Gasteiger partial charge in [0.15, 0.2) is 0 Å². The van der Waals surface area contributed by atoms with E-state index < -0.39 is 16.9 Å². The second kappa shape index (κ2) is 6.44. The van der Waals surface area contributed by atoms with Crippen molar-refractivity contribution >= 4 is 0 Å². The molecule has 0 bridgehead atoms. The van der Waals surface area contributed by atoms with Crippen LogP contribution in [0.5, 0.6) is 5.75 Å². The van der Waals surface area contributed by atoms with Crippen LogP contribution in [0.25, 0.3) is 0 Å². The van der Waals surface area contributed by atoms with E-state index in [0.29, 0.717) is 29.7 Å². The smallest absolute Gasteiger partial charge is 0.203 e. The Labute approximate surface area is 152 Å². The number of nitriles is 4. The third kappa shape index (κ3) is 2.13. The van der Waals surface area contributed by atoms with Crippen LogP contribution >= 0.6 is 0 Å². The minimum absolute atomic E-state index is 0.546. The molecule has 0 unspecified atom stereocenters. The molecule has 3 rings (SSSR count). The Morgan fingerprint density at radius 1 is 0.962 bits per heavy atom. The van der Waals surface area contributed by atoms with Crippen molar-refractivity contribution < 1.29 is 4.74 Å². The Kier molecular flexibility index (Phi) is 4.29. The van der Waals surface area contributed by atoms with E-state index in [4.69, 9.17) is 4.74 Å². The lowest BCUT2D eigenvalue weighted by Gasteiger charge is -2.46. The number of nitrogens with zero attached hydrogens (tertiary/aromatic N) is 4. The van der Waals surface area contributed by atoms with Gasteiger partial charge in [-0.1, -0.05) is 12.1 Å². The summed E-state index contributed by atoms with van der Waals surface area (Å²) in [6, 6.07) is 14.4. The molecule has 0 saturated carbocycles. The zero-order valence-corrected chi connectivity index (χ0v) is 14.4. The molecule has 0 aromatic heterocycles. The second-order valence-electron chi connectivity index (χ2n) is 6.52. The Hall–Kier alpha value is -3.48. The van der Waals surface area contributed by atoms with Crippen LogP contribution in [0.2, 0.25) is 0 Å². The fourth-order valence-corrected chi connectivity index (χ4v) is 4.00. The summed E-state index contributed by atoms with van der Waals surface area (Å²) < 4.78 is 5.17. The van der Waals surface area contributed by atoms with E-state index in [1.54, 1.807) is 31.4 Å². The largest absolute Gasteiger partial charge is 0.497 e. The summed E-state index contributed by atoms with van der Waals surface area (Å²) in [5, 5.41) is 43.3. The standard InChI is InChI=1S/C20H17N5O/c1-26-15-8-6-14(7-9-15)18-20(12-23,13-24)19(10-21,11-22)16-4-2-3-5-17(16)25-18/h6-9,18,25H,2-5H2,1H3/t18-/m1/s1. The van der Waals surface area contributed by atoms with Crippen molar-refractivity contribution in [3.05, 3.63) is 41.1 Å². The zero-order valence-electron chi connectivity index (χ0n) is 14.4. The number of benzene rings is 1. The van der Waals surface area contributed by atoms with Crippen molar-refractivity contribution in [2.24, 2.45) is 10.8 Å². The Morgan fingerprint density at radius 3 is 2.12 bits per heavy atom. The van der Waals surface area contributed by atoms with Gasteiger partial charge in [-0.05, 0) is 49.0 Å². The maximum absolute atomic E-state index is 10.0. The van der Waals surface area contributed by atoms with E-state index in [2.05, 4.69) is 17.5 Å². The van der Waals surface area contributed by atoms with Gasteiger partial charge in [-0.15, -0.1) is 0 Å². The van der Waals surface area contributed by atoms with E-state index >= 15 is 0 Å². The van der Waals surface area contributed by atoms with Gasteiger partial charge in [0.2, 0.25) is 10.8 Å². The van der Waals surface area contributed by atoms with Crippen molar-refractivity contribution in [1.29, 1.82) is 21.0 Å². The summed E-state index contributed by atoms with van der Waals surface area (Å²) in [6.07, 6.45) is 3.04. The molecule has 1 aromatic rings. The molecule has 0 radical (unpaired) electrons. The number of ether oxygens (including phenoxy) is 1. The van der Waals surface area contributed by atoms with Crippen LogP contribution in [-0.2, 0) is 0 Å². The van der Waals surface area contributed by atoms with Gasteiger partial charge in [0, 0.05) is 5.70 Å². The van der Waals surface area contributed by atoms with Crippen LogP contribution in [0, 0.1) is 56.2 Å². The Bertz CT molecular complexity index is 889. The van der Waals surface area contributed by atoms with Crippen LogP contribution in [0.1, 0.15) is 37.3 Å². The molecular weight excluding hydrogens is 326 g/mol. The number of methoxy groups -OCH3 is 1. The molecule has 1 heterocycles. The number of rotatable bonds is 2. The van der Waals surface area contributed by atoms with Gasteiger partial charge in [0.05, 0.1) is 37.4 Å². The van der Waals surface area contributed by atoms with Gasteiger partial charge in [0.25, 0.3) is 0 Å². The van der Waals surface area contributed by atoms with Gasteiger partial charge in [-0.2, -0.15) is 21.0 Å². The molecule has 128 valence electrons. The van der Waals surface area contributed by atoms with Gasteiger partial charge < -0.3 is 10.1 Å². The lowest BCUT2D eigenvalue weighted by molar-refractivity contribution is 0.217. The average molecular weight is 343 g/mol. The lowest BCUT2D eigenvalue weighted by atomic mass is 9.54. The maximum Gasteiger partial charge on any atom is 0.203 e.